The van der Waals surface area contributed by atoms with Crippen LogP contribution in [0.4, 0.5) is 0 Å². The van der Waals surface area contributed by atoms with Crippen LogP contribution in [0.2, 0.25) is 0 Å². The molecule has 0 amide bonds. The Hall–Kier alpha value is -2.61. The van der Waals surface area contributed by atoms with Crippen molar-refractivity contribution in [1.82, 2.24) is 0 Å². The van der Waals surface area contributed by atoms with Crippen LogP contribution >= 0.6 is 0 Å². The molecule has 1 heterocycles. The van der Waals surface area contributed by atoms with E-state index in [1.807, 2.05) is 38.1 Å². The van der Waals surface area contributed by atoms with Gasteiger partial charge in [-0.3, -0.25) is 4.79 Å². The predicted octanol–water partition coefficient (Wildman–Crippen LogP) is 5.87. The number of rotatable bonds is 2. The molecule has 0 spiro atoms. The van der Waals surface area contributed by atoms with Crippen LogP contribution in [-0.2, 0) is 9.53 Å². The van der Waals surface area contributed by atoms with Gasteiger partial charge in [0.2, 0.25) is 0 Å². The smallest absolute Gasteiger partial charge is 0.317 e. The Morgan fingerprint density at radius 3 is 2.31 bits per heavy atom. The molecule has 1 aliphatic carbocycles. The summed E-state index contributed by atoms with van der Waals surface area (Å²) in [4.78, 5) is 12.9. The fourth-order valence-corrected chi connectivity index (χ4v) is 4.24. The van der Waals surface area contributed by atoms with Crippen molar-refractivity contribution in [3.8, 4) is 0 Å². The van der Waals surface area contributed by atoms with E-state index in [4.69, 9.17) is 4.74 Å². The van der Waals surface area contributed by atoms with Gasteiger partial charge in [-0.05, 0) is 61.5 Å². The number of ether oxygens (including phenoxy) is 1. The Bertz CT molecular complexity index is 873. The number of esters is 1. The Morgan fingerprint density at radius 2 is 1.62 bits per heavy atom. The zero-order valence-corrected chi connectivity index (χ0v) is 15.4. The highest BCUT2D eigenvalue weighted by Gasteiger charge is 2.47. The maximum atomic E-state index is 12.9. The van der Waals surface area contributed by atoms with E-state index >= 15 is 0 Å². The van der Waals surface area contributed by atoms with Crippen molar-refractivity contribution < 1.29 is 9.53 Å². The molecule has 0 bridgehead atoms. The normalized spacial score (nSPS) is 23.5. The molecule has 1 unspecified atom stereocenters. The third kappa shape index (κ3) is 2.90. The molecule has 2 aromatic carbocycles. The number of hydrogen-bond acceptors (Lipinski definition) is 2. The molecule has 0 fully saturated rings. The number of carbonyl (C=O) groups is 1. The minimum Gasteiger partial charge on any atom is -0.426 e. The molecule has 2 aromatic rings. The Morgan fingerprint density at radius 1 is 0.962 bits per heavy atom. The van der Waals surface area contributed by atoms with Gasteiger partial charge in [-0.25, -0.2) is 0 Å². The summed E-state index contributed by atoms with van der Waals surface area (Å²) >= 11 is 0. The Labute approximate surface area is 155 Å². The lowest BCUT2D eigenvalue weighted by molar-refractivity contribution is -0.152. The molecule has 0 saturated carbocycles. The van der Waals surface area contributed by atoms with Crippen molar-refractivity contribution in [3.63, 3.8) is 0 Å². The summed E-state index contributed by atoms with van der Waals surface area (Å²) in [6.45, 7) is 4.01. The van der Waals surface area contributed by atoms with Gasteiger partial charge in [0, 0.05) is 5.92 Å². The number of allylic oxidation sites excluding steroid dienone is 2. The summed E-state index contributed by atoms with van der Waals surface area (Å²) < 4.78 is 5.91. The lowest BCUT2D eigenvalue weighted by Crippen LogP contribution is -2.39. The maximum Gasteiger partial charge on any atom is 0.317 e. The van der Waals surface area contributed by atoms with E-state index < -0.39 is 5.41 Å². The molecular formula is C24H24O2. The summed E-state index contributed by atoms with van der Waals surface area (Å²) in [6, 6.07) is 20.6. The largest absolute Gasteiger partial charge is 0.426 e. The molecule has 0 N–H and O–H groups in total. The van der Waals surface area contributed by atoms with Crippen molar-refractivity contribution in [2.45, 2.75) is 39.0 Å². The zero-order chi connectivity index (χ0) is 18.1. The lowest BCUT2D eigenvalue weighted by Gasteiger charge is -2.42. The van der Waals surface area contributed by atoms with Gasteiger partial charge >= 0.3 is 5.97 Å². The average molecular weight is 344 g/mol. The van der Waals surface area contributed by atoms with E-state index in [1.165, 1.54) is 11.1 Å². The number of benzene rings is 2. The fourth-order valence-electron chi connectivity index (χ4n) is 4.24. The van der Waals surface area contributed by atoms with E-state index in [9.17, 15) is 4.79 Å². The molecular weight excluding hydrogens is 320 g/mol. The highest BCUT2D eigenvalue weighted by atomic mass is 16.5. The van der Waals surface area contributed by atoms with Crippen LogP contribution in [0.15, 0.2) is 77.6 Å². The quantitative estimate of drug-likeness (QED) is 0.636. The second-order valence-electron chi connectivity index (χ2n) is 7.74. The summed E-state index contributed by atoms with van der Waals surface area (Å²) in [6.07, 6.45) is 5.19. The third-order valence-corrected chi connectivity index (χ3v) is 5.54. The second kappa shape index (κ2) is 6.60. The van der Waals surface area contributed by atoms with E-state index in [0.29, 0.717) is 0 Å². The monoisotopic (exact) mass is 344 g/mol. The molecule has 1 atom stereocenters. The number of carbonyl (C=O) groups excluding carboxylic acids is 1. The van der Waals surface area contributed by atoms with E-state index in [-0.39, 0.29) is 11.9 Å². The zero-order valence-electron chi connectivity index (χ0n) is 15.4. The fraction of sp³-hybridized carbons (Fsp3) is 0.292. The molecule has 4 rings (SSSR count). The van der Waals surface area contributed by atoms with Gasteiger partial charge in [0.15, 0.2) is 0 Å². The highest BCUT2D eigenvalue weighted by Crippen LogP contribution is 2.51. The molecule has 26 heavy (non-hydrogen) atoms. The van der Waals surface area contributed by atoms with E-state index in [2.05, 4.69) is 42.5 Å². The first-order valence-corrected chi connectivity index (χ1v) is 9.33. The SMILES string of the molecule is CC1(C)C(=O)OC2=C(CCC/C2=C\c2ccccc2)C1c1ccccc1. The van der Waals surface area contributed by atoms with Crippen molar-refractivity contribution in [3.05, 3.63) is 88.7 Å². The van der Waals surface area contributed by atoms with Crippen LogP contribution in [0.1, 0.15) is 50.2 Å². The van der Waals surface area contributed by atoms with E-state index in [1.54, 1.807) is 0 Å². The molecule has 2 aliphatic rings. The molecule has 0 radical (unpaired) electrons. The topological polar surface area (TPSA) is 26.3 Å². The summed E-state index contributed by atoms with van der Waals surface area (Å²) in [5.41, 5.74) is 4.20. The van der Waals surface area contributed by atoms with Crippen LogP contribution in [-0.4, -0.2) is 5.97 Å². The van der Waals surface area contributed by atoms with Crippen LogP contribution in [0.3, 0.4) is 0 Å². The predicted molar refractivity (Wildman–Crippen MR) is 104 cm³/mol. The summed E-state index contributed by atoms with van der Waals surface area (Å²) in [7, 11) is 0. The minimum atomic E-state index is -0.560. The van der Waals surface area contributed by atoms with Crippen LogP contribution in [0.25, 0.3) is 6.08 Å². The molecule has 0 aromatic heterocycles. The Kier molecular flexibility index (Phi) is 4.28. The van der Waals surface area contributed by atoms with Gasteiger partial charge in [-0.2, -0.15) is 0 Å². The van der Waals surface area contributed by atoms with Crippen molar-refractivity contribution in [1.29, 1.82) is 0 Å². The highest BCUT2D eigenvalue weighted by molar-refractivity contribution is 5.82. The molecule has 2 nitrogen and oxygen atoms in total. The first kappa shape index (κ1) is 16.8. The third-order valence-electron chi connectivity index (χ3n) is 5.54. The minimum absolute atomic E-state index is 0.0689. The molecule has 132 valence electrons. The van der Waals surface area contributed by atoms with Gasteiger partial charge in [-0.1, -0.05) is 60.7 Å². The van der Waals surface area contributed by atoms with Crippen molar-refractivity contribution in [2.75, 3.05) is 0 Å². The molecule has 1 aliphatic heterocycles. The van der Waals surface area contributed by atoms with Gasteiger partial charge < -0.3 is 4.74 Å². The van der Waals surface area contributed by atoms with Crippen LogP contribution in [0, 0.1) is 5.41 Å². The second-order valence-corrected chi connectivity index (χ2v) is 7.74. The van der Waals surface area contributed by atoms with Gasteiger partial charge in [0.25, 0.3) is 0 Å². The molecule has 2 heteroatoms. The van der Waals surface area contributed by atoms with E-state index in [0.717, 1.165) is 36.2 Å². The Balaban J connectivity index is 1.85. The average Bonchev–Trinajstić information content (AvgIpc) is 2.65. The molecule has 0 saturated heterocycles. The van der Waals surface area contributed by atoms with Crippen molar-refractivity contribution in [2.24, 2.45) is 5.41 Å². The van der Waals surface area contributed by atoms with Gasteiger partial charge in [0.05, 0.1) is 5.41 Å². The first-order valence-electron chi connectivity index (χ1n) is 9.33. The number of hydrogen-bond donors (Lipinski definition) is 0. The lowest BCUT2D eigenvalue weighted by atomic mass is 9.66. The standard InChI is InChI=1S/C24H24O2/c1-24(2)21(18-12-7-4-8-13-18)20-15-9-14-19(22(20)26-23(24)25)16-17-10-5-3-6-11-17/h3-8,10-13,16,21H,9,14-15H2,1-2H3/b19-16+. The summed E-state index contributed by atoms with van der Waals surface area (Å²) in [5.74, 6) is 0.753. The van der Waals surface area contributed by atoms with Crippen LogP contribution < -0.4 is 0 Å². The first-order chi connectivity index (χ1) is 12.6. The van der Waals surface area contributed by atoms with Crippen LogP contribution in [0.5, 0.6) is 0 Å². The van der Waals surface area contributed by atoms with Gasteiger partial charge in [0.1, 0.15) is 5.76 Å². The summed E-state index contributed by atoms with van der Waals surface area (Å²) in [5, 5.41) is 0. The van der Waals surface area contributed by atoms with Crippen molar-refractivity contribution >= 4 is 12.0 Å². The van der Waals surface area contributed by atoms with Gasteiger partial charge in [-0.15, -0.1) is 0 Å². The maximum absolute atomic E-state index is 12.9.